The number of nitrogens with one attached hydrogen (secondary N) is 1. The highest BCUT2D eigenvalue weighted by molar-refractivity contribution is 6.14. The number of anilines is 1. The van der Waals surface area contributed by atoms with Gasteiger partial charge in [-0.1, -0.05) is 49.6 Å². The van der Waals surface area contributed by atoms with Crippen molar-refractivity contribution in [1.29, 1.82) is 0 Å². The molecule has 4 nitrogen and oxygen atoms in total. The predicted molar refractivity (Wildman–Crippen MR) is 93.3 cm³/mol. The van der Waals surface area contributed by atoms with Crippen LogP contribution in [0.1, 0.15) is 55.0 Å². The second-order valence-corrected chi connectivity index (χ2v) is 6.39. The Labute approximate surface area is 137 Å². The van der Waals surface area contributed by atoms with Crippen LogP contribution in [0.5, 0.6) is 0 Å². The van der Waals surface area contributed by atoms with Crippen LogP contribution in [0, 0.1) is 0 Å². The van der Waals surface area contributed by atoms with E-state index in [2.05, 4.69) is 33.7 Å². The van der Waals surface area contributed by atoms with Crippen molar-refractivity contribution in [1.82, 2.24) is 10.2 Å². The number of rotatable bonds is 2. The highest BCUT2D eigenvalue weighted by Crippen LogP contribution is 2.33. The van der Waals surface area contributed by atoms with Gasteiger partial charge in [0, 0.05) is 18.0 Å². The average Bonchev–Trinajstić information content (AvgIpc) is 2.85. The summed E-state index contributed by atoms with van der Waals surface area (Å²) in [4.78, 5) is 4.73. The van der Waals surface area contributed by atoms with Gasteiger partial charge in [0.1, 0.15) is 5.69 Å². The van der Waals surface area contributed by atoms with Gasteiger partial charge in [-0.05, 0) is 18.9 Å². The van der Waals surface area contributed by atoms with Crippen molar-refractivity contribution in [3.05, 3.63) is 53.3 Å². The first-order chi connectivity index (χ1) is 11.4. The summed E-state index contributed by atoms with van der Waals surface area (Å²) in [7, 11) is 0. The van der Waals surface area contributed by atoms with Gasteiger partial charge in [0.25, 0.3) is 0 Å². The third kappa shape index (κ3) is 2.98. The van der Waals surface area contributed by atoms with E-state index >= 15 is 0 Å². The number of nitrogens with zero attached hydrogens (tertiary/aromatic N) is 3. The molecule has 1 saturated carbocycles. The molecule has 2 aromatic rings. The van der Waals surface area contributed by atoms with Crippen molar-refractivity contribution in [3.63, 3.8) is 0 Å². The standard InChI is InChI=1S/C19H22N4/c1-3-7-14(8-4-1)16-13-17-19(23-22-16)18(21-12-11-20-17)15-9-5-2-6-10-15/h2,5-6,9-10,13-14,20H,1,3-4,7-8,11-12H2. The summed E-state index contributed by atoms with van der Waals surface area (Å²) in [5.74, 6) is 0.573. The number of hydrogen-bond donors (Lipinski definition) is 1. The highest BCUT2D eigenvalue weighted by Gasteiger charge is 2.22. The van der Waals surface area contributed by atoms with Crippen LogP contribution in [0.3, 0.4) is 0 Å². The molecule has 1 aliphatic carbocycles. The smallest absolute Gasteiger partial charge is 0.135 e. The molecule has 2 heterocycles. The summed E-state index contributed by atoms with van der Waals surface area (Å²) in [5, 5.41) is 12.6. The molecule has 0 unspecified atom stereocenters. The highest BCUT2D eigenvalue weighted by atomic mass is 15.1. The first-order valence-corrected chi connectivity index (χ1v) is 8.63. The van der Waals surface area contributed by atoms with Crippen molar-refractivity contribution in [3.8, 4) is 0 Å². The fourth-order valence-electron chi connectivity index (χ4n) is 3.57. The van der Waals surface area contributed by atoms with Gasteiger partial charge >= 0.3 is 0 Å². The summed E-state index contributed by atoms with van der Waals surface area (Å²) >= 11 is 0. The molecule has 0 spiro atoms. The Morgan fingerprint density at radius 2 is 1.78 bits per heavy atom. The maximum absolute atomic E-state index is 4.73. The van der Waals surface area contributed by atoms with Crippen LogP contribution in [0.25, 0.3) is 0 Å². The largest absolute Gasteiger partial charge is 0.381 e. The normalized spacial score (nSPS) is 18.5. The van der Waals surface area contributed by atoms with E-state index in [0.717, 1.165) is 41.4 Å². The minimum atomic E-state index is 0.573. The van der Waals surface area contributed by atoms with Gasteiger partial charge in [-0.25, -0.2) is 0 Å². The van der Waals surface area contributed by atoms with Crippen molar-refractivity contribution in [2.24, 2.45) is 4.99 Å². The Morgan fingerprint density at radius 1 is 0.957 bits per heavy atom. The van der Waals surface area contributed by atoms with Gasteiger partial charge in [0.2, 0.25) is 0 Å². The fraction of sp³-hybridized carbons (Fsp3) is 0.421. The lowest BCUT2D eigenvalue weighted by molar-refractivity contribution is 0.434. The third-order valence-corrected chi connectivity index (χ3v) is 4.80. The van der Waals surface area contributed by atoms with Crippen LogP contribution in [0.15, 0.2) is 41.4 Å². The van der Waals surface area contributed by atoms with E-state index in [1.54, 1.807) is 0 Å². The molecule has 1 aromatic heterocycles. The molecular formula is C19H22N4. The Hall–Kier alpha value is -2.23. The van der Waals surface area contributed by atoms with Gasteiger partial charge in [0.15, 0.2) is 0 Å². The summed E-state index contributed by atoms with van der Waals surface area (Å²) in [6, 6.07) is 12.5. The summed E-state index contributed by atoms with van der Waals surface area (Å²) in [6.07, 6.45) is 6.47. The fourth-order valence-corrected chi connectivity index (χ4v) is 3.57. The number of benzene rings is 1. The summed E-state index contributed by atoms with van der Waals surface area (Å²) < 4.78 is 0. The van der Waals surface area contributed by atoms with Gasteiger partial charge in [-0.15, -0.1) is 5.10 Å². The zero-order valence-corrected chi connectivity index (χ0v) is 13.3. The molecule has 4 heteroatoms. The lowest BCUT2D eigenvalue weighted by Gasteiger charge is -2.21. The molecule has 1 aromatic carbocycles. The maximum atomic E-state index is 4.73. The van der Waals surface area contributed by atoms with E-state index in [-0.39, 0.29) is 0 Å². The van der Waals surface area contributed by atoms with Crippen LogP contribution in [-0.2, 0) is 0 Å². The zero-order valence-electron chi connectivity index (χ0n) is 13.3. The Morgan fingerprint density at radius 3 is 2.61 bits per heavy atom. The second kappa shape index (κ2) is 6.49. The summed E-state index contributed by atoms with van der Waals surface area (Å²) in [6.45, 7) is 1.61. The zero-order chi connectivity index (χ0) is 15.5. The molecule has 4 rings (SSSR count). The van der Waals surface area contributed by atoms with Crippen molar-refractivity contribution in [2.75, 3.05) is 18.4 Å². The molecule has 0 bridgehead atoms. The molecule has 1 N–H and O–H groups in total. The summed E-state index contributed by atoms with van der Waals surface area (Å²) in [5.41, 5.74) is 5.17. The number of aromatic nitrogens is 2. The monoisotopic (exact) mass is 306 g/mol. The van der Waals surface area contributed by atoms with Gasteiger partial charge in [-0.3, -0.25) is 4.99 Å². The minimum Gasteiger partial charge on any atom is -0.381 e. The lowest BCUT2D eigenvalue weighted by Crippen LogP contribution is -2.13. The quantitative estimate of drug-likeness (QED) is 0.918. The molecule has 23 heavy (non-hydrogen) atoms. The molecular weight excluding hydrogens is 284 g/mol. The van der Waals surface area contributed by atoms with Crippen molar-refractivity contribution in [2.45, 2.75) is 38.0 Å². The molecule has 2 aliphatic rings. The van der Waals surface area contributed by atoms with E-state index in [1.807, 2.05) is 18.2 Å². The Bertz CT molecular complexity index is 703. The van der Waals surface area contributed by atoms with Crippen LogP contribution in [0.2, 0.25) is 0 Å². The Balaban J connectivity index is 1.71. The first-order valence-electron chi connectivity index (χ1n) is 8.63. The first kappa shape index (κ1) is 14.4. The molecule has 1 fully saturated rings. The van der Waals surface area contributed by atoms with E-state index in [0.29, 0.717) is 5.92 Å². The van der Waals surface area contributed by atoms with E-state index < -0.39 is 0 Å². The van der Waals surface area contributed by atoms with Gasteiger partial charge in [-0.2, -0.15) is 5.10 Å². The van der Waals surface area contributed by atoms with Crippen LogP contribution >= 0.6 is 0 Å². The molecule has 0 amide bonds. The predicted octanol–water partition coefficient (Wildman–Crippen LogP) is 3.79. The van der Waals surface area contributed by atoms with Crippen LogP contribution < -0.4 is 5.32 Å². The molecule has 1 aliphatic heterocycles. The van der Waals surface area contributed by atoms with E-state index in [4.69, 9.17) is 4.99 Å². The molecule has 0 atom stereocenters. The van der Waals surface area contributed by atoms with Gasteiger partial charge < -0.3 is 5.32 Å². The second-order valence-electron chi connectivity index (χ2n) is 6.39. The SMILES string of the molecule is c1ccc(C2=NCCNc3cc(C4CCCCC4)nnc32)cc1. The maximum Gasteiger partial charge on any atom is 0.135 e. The minimum absolute atomic E-state index is 0.573. The van der Waals surface area contributed by atoms with Crippen LogP contribution in [-0.4, -0.2) is 29.0 Å². The number of hydrogen-bond acceptors (Lipinski definition) is 4. The van der Waals surface area contributed by atoms with Crippen LogP contribution in [0.4, 0.5) is 5.69 Å². The Kier molecular flexibility index (Phi) is 4.05. The number of aliphatic imine (C=N–C) groups is 1. The lowest BCUT2D eigenvalue weighted by atomic mass is 9.86. The van der Waals surface area contributed by atoms with Gasteiger partial charge in [0.05, 0.1) is 23.6 Å². The topological polar surface area (TPSA) is 50.2 Å². The van der Waals surface area contributed by atoms with Crippen molar-refractivity contribution < 1.29 is 0 Å². The van der Waals surface area contributed by atoms with E-state index in [9.17, 15) is 0 Å². The van der Waals surface area contributed by atoms with Crippen molar-refractivity contribution >= 4 is 11.4 Å². The number of fused-ring (bicyclic) bond motifs is 1. The average molecular weight is 306 g/mol. The molecule has 118 valence electrons. The molecule has 0 saturated heterocycles. The molecule has 0 radical (unpaired) electrons. The third-order valence-electron chi connectivity index (χ3n) is 4.80. The van der Waals surface area contributed by atoms with E-state index in [1.165, 1.54) is 32.1 Å².